The van der Waals surface area contributed by atoms with Gasteiger partial charge in [0.15, 0.2) is 0 Å². The second-order valence-electron chi connectivity index (χ2n) is 3.57. The van der Waals surface area contributed by atoms with Crippen LogP contribution in [0.2, 0.25) is 5.02 Å². The standard InChI is InChI=1S/C11H7ClN4O/c12-7-1-2-9-8(3-7)10(16-11(17)15-9)6-4-13-14-5-6/h1-5H,(H,13,14)(H,15,16,17). The molecular formula is C11H7ClN4O. The Labute approximate surface area is 100 Å². The first-order chi connectivity index (χ1) is 8.24. The molecular weight excluding hydrogens is 240 g/mol. The molecule has 0 saturated heterocycles. The molecule has 0 aliphatic rings. The molecule has 0 atom stereocenters. The van der Waals surface area contributed by atoms with E-state index < -0.39 is 5.69 Å². The molecule has 0 aliphatic carbocycles. The van der Waals surface area contributed by atoms with Crippen molar-refractivity contribution in [3.63, 3.8) is 0 Å². The maximum Gasteiger partial charge on any atom is 0.345 e. The molecule has 0 bridgehead atoms. The van der Waals surface area contributed by atoms with Crippen LogP contribution in [0.3, 0.4) is 0 Å². The Morgan fingerprint density at radius 1 is 1.29 bits per heavy atom. The molecule has 17 heavy (non-hydrogen) atoms. The monoisotopic (exact) mass is 246 g/mol. The van der Waals surface area contributed by atoms with E-state index in [9.17, 15) is 4.79 Å². The Kier molecular flexibility index (Phi) is 2.19. The summed E-state index contributed by atoms with van der Waals surface area (Å²) in [5, 5.41) is 7.92. The number of halogens is 1. The maximum absolute atomic E-state index is 11.5. The van der Waals surface area contributed by atoms with Crippen LogP contribution in [0.25, 0.3) is 22.2 Å². The third-order valence-electron chi connectivity index (χ3n) is 2.46. The van der Waals surface area contributed by atoms with E-state index in [2.05, 4.69) is 20.2 Å². The lowest BCUT2D eigenvalue weighted by Gasteiger charge is -2.03. The number of hydrogen-bond acceptors (Lipinski definition) is 3. The van der Waals surface area contributed by atoms with Crippen molar-refractivity contribution in [2.75, 3.05) is 0 Å². The zero-order valence-electron chi connectivity index (χ0n) is 8.57. The normalized spacial score (nSPS) is 10.9. The number of nitrogens with zero attached hydrogens (tertiary/aromatic N) is 2. The molecule has 0 aliphatic heterocycles. The molecule has 6 heteroatoms. The van der Waals surface area contributed by atoms with Crippen molar-refractivity contribution in [1.82, 2.24) is 20.2 Å². The molecule has 0 radical (unpaired) electrons. The zero-order valence-corrected chi connectivity index (χ0v) is 9.32. The third-order valence-corrected chi connectivity index (χ3v) is 2.70. The van der Waals surface area contributed by atoms with E-state index in [1.807, 2.05) is 0 Å². The number of aromatic nitrogens is 4. The van der Waals surface area contributed by atoms with Crippen LogP contribution in [0, 0.1) is 0 Å². The van der Waals surface area contributed by atoms with Crippen molar-refractivity contribution >= 4 is 22.5 Å². The minimum Gasteiger partial charge on any atom is -0.305 e. The van der Waals surface area contributed by atoms with Crippen molar-refractivity contribution in [2.45, 2.75) is 0 Å². The van der Waals surface area contributed by atoms with Gasteiger partial charge in [-0.25, -0.2) is 4.79 Å². The lowest BCUT2D eigenvalue weighted by molar-refractivity contribution is 1.09. The van der Waals surface area contributed by atoms with Gasteiger partial charge in [-0.1, -0.05) is 11.6 Å². The first kappa shape index (κ1) is 10.0. The Morgan fingerprint density at radius 3 is 2.94 bits per heavy atom. The molecule has 84 valence electrons. The predicted molar refractivity (Wildman–Crippen MR) is 65.0 cm³/mol. The Bertz CT molecular complexity index is 733. The van der Waals surface area contributed by atoms with E-state index in [1.54, 1.807) is 30.6 Å². The minimum absolute atomic E-state index is 0.393. The predicted octanol–water partition coefficient (Wildman–Crippen LogP) is 1.97. The fourth-order valence-electron chi connectivity index (χ4n) is 1.73. The number of nitrogens with one attached hydrogen (secondary N) is 2. The van der Waals surface area contributed by atoms with Crippen LogP contribution in [0.4, 0.5) is 0 Å². The van der Waals surface area contributed by atoms with E-state index in [4.69, 9.17) is 11.6 Å². The first-order valence-electron chi connectivity index (χ1n) is 4.93. The molecule has 3 aromatic rings. The van der Waals surface area contributed by atoms with E-state index in [0.29, 0.717) is 16.2 Å². The van der Waals surface area contributed by atoms with Crippen molar-refractivity contribution in [3.05, 3.63) is 46.1 Å². The summed E-state index contributed by atoms with van der Waals surface area (Å²) >= 11 is 5.95. The molecule has 2 aromatic heterocycles. The van der Waals surface area contributed by atoms with Crippen molar-refractivity contribution in [1.29, 1.82) is 0 Å². The molecule has 5 nitrogen and oxygen atoms in total. The first-order valence-corrected chi connectivity index (χ1v) is 5.30. The highest BCUT2D eigenvalue weighted by Crippen LogP contribution is 2.25. The molecule has 2 heterocycles. The van der Waals surface area contributed by atoms with Gasteiger partial charge >= 0.3 is 5.69 Å². The lowest BCUT2D eigenvalue weighted by Crippen LogP contribution is -2.11. The molecule has 1 aromatic carbocycles. The van der Waals surface area contributed by atoms with Crippen LogP contribution in [0.15, 0.2) is 35.4 Å². The van der Waals surface area contributed by atoms with E-state index in [-0.39, 0.29) is 0 Å². The smallest absolute Gasteiger partial charge is 0.305 e. The summed E-state index contributed by atoms with van der Waals surface area (Å²) in [5.41, 5.74) is 1.63. The van der Waals surface area contributed by atoms with Gasteiger partial charge in [0.2, 0.25) is 0 Å². The van der Waals surface area contributed by atoms with Gasteiger partial charge in [-0.15, -0.1) is 0 Å². The van der Waals surface area contributed by atoms with Gasteiger partial charge in [0, 0.05) is 22.2 Å². The van der Waals surface area contributed by atoms with Gasteiger partial charge in [-0.2, -0.15) is 10.1 Å². The van der Waals surface area contributed by atoms with Crippen LogP contribution in [0.1, 0.15) is 0 Å². The topological polar surface area (TPSA) is 74.4 Å². The number of aromatic amines is 2. The number of benzene rings is 1. The van der Waals surface area contributed by atoms with E-state index >= 15 is 0 Å². The zero-order chi connectivity index (χ0) is 11.8. The third kappa shape index (κ3) is 1.70. The van der Waals surface area contributed by atoms with E-state index in [0.717, 1.165) is 10.9 Å². The fourth-order valence-corrected chi connectivity index (χ4v) is 1.90. The number of rotatable bonds is 1. The number of hydrogen-bond donors (Lipinski definition) is 2. The van der Waals surface area contributed by atoms with Crippen LogP contribution in [0.5, 0.6) is 0 Å². The summed E-state index contributed by atoms with van der Waals surface area (Å²) in [7, 11) is 0. The van der Waals surface area contributed by atoms with Gasteiger partial charge in [0.05, 0.1) is 17.4 Å². The average molecular weight is 247 g/mol. The Morgan fingerprint density at radius 2 is 2.18 bits per heavy atom. The van der Waals surface area contributed by atoms with Crippen LogP contribution in [-0.2, 0) is 0 Å². The quantitative estimate of drug-likeness (QED) is 0.689. The highest BCUT2D eigenvalue weighted by molar-refractivity contribution is 6.31. The van der Waals surface area contributed by atoms with Gasteiger partial charge in [0.1, 0.15) is 0 Å². The maximum atomic E-state index is 11.5. The molecule has 2 N–H and O–H groups in total. The fraction of sp³-hybridized carbons (Fsp3) is 0. The number of fused-ring (bicyclic) bond motifs is 1. The summed E-state index contributed by atoms with van der Waals surface area (Å²) in [4.78, 5) is 18.1. The van der Waals surface area contributed by atoms with Crippen LogP contribution in [-0.4, -0.2) is 20.2 Å². The summed E-state index contributed by atoms with van der Waals surface area (Å²) in [6.07, 6.45) is 3.30. The van der Waals surface area contributed by atoms with Gasteiger partial charge < -0.3 is 4.98 Å². The average Bonchev–Trinajstić information content (AvgIpc) is 2.82. The second-order valence-corrected chi connectivity index (χ2v) is 4.00. The van der Waals surface area contributed by atoms with Gasteiger partial charge in [0.25, 0.3) is 0 Å². The summed E-state index contributed by atoms with van der Waals surface area (Å²) < 4.78 is 0. The summed E-state index contributed by atoms with van der Waals surface area (Å²) in [5.74, 6) is 0. The molecule has 0 saturated carbocycles. The van der Waals surface area contributed by atoms with E-state index in [1.165, 1.54) is 0 Å². The molecule has 0 amide bonds. The number of H-pyrrole nitrogens is 2. The van der Waals surface area contributed by atoms with Crippen LogP contribution < -0.4 is 5.69 Å². The van der Waals surface area contributed by atoms with Crippen molar-refractivity contribution in [3.8, 4) is 11.3 Å². The Hall–Kier alpha value is -2.14. The van der Waals surface area contributed by atoms with Crippen LogP contribution >= 0.6 is 11.6 Å². The van der Waals surface area contributed by atoms with Crippen molar-refractivity contribution < 1.29 is 0 Å². The lowest BCUT2D eigenvalue weighted by atomic mass is 10.1. The molecule has 0 fully saturated rings. The summed E-state index contributed by atoms with van der Waals surface area (Å²) in [6, 6.07) is 5.24. The SMILES string of the molecule is O=c1nc(-c2cn[nH]c2)c2cc(Cl)ccc2[nH]1. The van der Waals surface area contributed by atoms with Gasteiger partial charge in [-0.3, -0.25) is 5.10 Å². The molecule has 0 unspecified atom stereocenters. The van der Waals surface area contributed by atoms with Crippen molar-refractivity contribution in [2.24, 2.45) is 0 Å². The van der Waals surface area contributed by atoms with Gasteiger partial charge in [-0.05, 0) is 18.2 Å². The Balaban J connectivity index is 2.44. The largest absolute Gasteiger partial charge is 0.345 e. The second kappa shape index (κ2) is 3.71. The molecule has 3 rings (SSSR count). The highest BCUT2D eigenvalue weighted by atomic mass is 35.5. The summed E-state index contributed by atoms with van der Waals surface area (Å²) in [6.45, 7) is 0. The minimum atomic E-state index is -0.393. The molecule has 0 spiro atoms. The highest BCUT2D eigenvalue weighted by Gasteiger charge is 2.08.